The predicted octanol–water partition coefficient (Wildman–Crippen LogP) is 3.99. The van der Waals surface area contributed by atoms with E-state index in [1.807, 2.05) is 61.5 Å². The third-order valence-electron chi connectivity index (χ3n) is 4.56. The van der Waals surface area contributed by atoms with Crippen LogP contribution in [-0.4, -0.2) is 38.1 Å². The molecule has 1 heterocycles. The molecular weight excluding hydrogens is 362 g/mol. The number of hydrogen-bond donors (Lipinski definition) is 0. The van der Waals surface area contributed by atoms with Gasteiger partial charge in [0, 0.05) is 24.1 Å². The molecule has 7 heteroatoms. The largest absolute Gasteiger partial charge is 0.339 e. The Balaban J connectivity index is 1.52. The summed E-state index contributed by atoms with van der Waals surface area (Å²) in [5.74, 6) is 0.650. The second-order valence-corrected chi connectivity index (χ2v) is 6.79. The van der Waals surface area contributed by atoms with Crippen molar-refractivity contribution in [2.24, 2.45) is 0 Å². The Bertz CT molecular complexity index is 896. The first-order chi connectivity index (χ1) is 13.1. The summed E-state index contributed by atoms with van der Waals surface area (Å²) in [6, 6.07) is 17.2. The zero-order valence-electron chi connectivity index (χ0n) is 15.4. The van der Waals surface area contributed by atoms with Crippen LogP contribution in [0.5, 0.6) is 0 Å². The van der Waals surface area contributed by atoms with Crippen LogP contribution < -0.4 is 0 Å². The van der Waals surface area contributed by atoms with Crippen LogP contribution in [0.1, 0.15) is 31.4 Å². The molecule has 0 saturated heterocycles. The minimum atomic E-state index is -0.0830. The molecule has 0 aliphatic rings. The zero-order chi connectivity index (χ0) is 19.2. The summed E-state index contributed by atoms with van der Waals surface area (Å²) in [5.41, 5.74) is 1.87. The second-order valence-electron chi connectivity index (χ2n) is 6.38. The van der Waals surface area contributed by atoms with Gasteiger partial charge in [0.1, 0.15) is 0 Å². The molecule has 6 nitrogen and oxygen atoms in total. The number of tetrazole rings is 1. The van der Waals surface area contributed by atoms with Crippen molar-refractivity contribution in [1.29, 1.82) is 0 Å². The highest BCUT2D eigenvalue weighted by molar-refractivity contribution is 6.31. The second kappa shape index (κ2) is 8.77. The quantitative estimate of drug-likeness (QED) is 0.618. The number of hydrogen-bond acceptors (Lipinski definition) is 4. The first kappa shape index (κ1) is 19.0. The summed E-state index contributed by atoms with van der Waals surface area (Å²) < 4.78 is 0. The molecule has 0 bridgehead atoms. The molecule has 1 amide bonds. The van der Waals surface area contributed by atoms with E-state index >= 15 is 0 Å². The van der Waals surface area contributed by atoms with E-state index < -0.39 is 0 Å². The number of nitrogens with zero attached hydrogens (tertiary/aromatic N) is 5. The minimum Gasteiger partial charge on any atom is -0.339 e. The van der Waals surface area contributed by atoms with Crippen LogP contribution >= 0.6 is 11.6 Å². The highest BCUT2D eigenvalue weighted by atomic mass is 35.5. The standard InChI is InChI=1S/C20H22ClN5O/c1-15(17-11-6-7-12-18(17)21)25(2)19(27)13-8-14-26-23-20(22-24-26)16-9-4-3-5-10-16/h3-7,9-12,15H,8,13-14H2,1-2H3. The van der Waals surface area contributed by atoms with Crippen molar-refractivity contribution in [1.82, 2.24) is 25.1 Å². The number of carbonyl (C=O) groups is 1. The number of aryl methyl sites for hydroxylation is 1. The SMILES string of the molecule is CC(c1ccccc1Cl)N(C)C(=O)CCCn1nnc(-c2ccccc2)n1. The van der Waals surface area contributed by atoms with E-state index in [4.69, 9.17) is 11.6 Å². The first-order valence-electron chi connectivity index (χ1n) is 8.89. The molecule has 3 rings (SSSR count). The number of aromatic nitrogens is 4. The molecule has 0 spiro atoms. The van der Waals surface area contributed by atoms with Crippen LogP contribution in [0.4, 0.5) is 0 Å². The smallest absolute Gasteiger partial charge is 0.222 e. The first-order valence-corrected chi connectivity index (χ1v) is 9.27. The highest BCUT2D eigenvalue weighted by Crippen LogP contribution is 2.26. The van der Waals surface area contributed by atoms with Crippen molar-refractivity contribution in [3.63, 3.8) is 0 Å². The third kappa shape index (κ3) is 4.71. The lowest BCUT2D eigenvalue weighted by Gasteiger charge is -2.26. The topological polar surface area (TPSA) is 63.9 Å². The monoisotopic (exact) mass is 383 g/mol. The molecule has 27 heavy (non-hydrogen) atoms. The van der Waals surface area contributed by atoms with Crippen molar-refractivity contribution in [2.75, 3.05) is 7.05 Å². The van der Waals surface area contributed by atoms with Gasteiger partial charge < -0.3 is 4.90 Å². The fourth-order valence-electron chi connectivity index (χ4n) is 2.83. The van der Waals surface area contributed by atoms with E-state index in [0.717, 1.165) is 11.1 Å². The summed E-state index contributed by atoms with van der Waals surface area (Å²) in [6.45, 7) is 2.52. The Morgan fingerprint density at radius 1 is 1.15 bits per heavy atom. The molecule has 0 N–H and O–H groups in total. The van der Waals surface area contributed by atoms with Gasteiger partial charge >= 0.3 is 0 Å². The maximum absolute atomic E-state index is 12.5. The molecule has 0 aliphatic carbocycles. The van der Waals surface area contributed by atoms with Gasteiger partial charge in [-0.25, -0.2) is 0 Å². The fourth-order valence-corrected chi connectivity index (χ4v) is 3.12. The van der Waals surface area contributed by atoms with Gasteiger partial charge in [-0.15, -0.1) is 10.2 Å². The fraction of sp³-hybridized carbons (Fsp3) is 0.300. The van der Waals surface area contributed by atoms with Crippen LogP contribution in [0, 0.1) is 0 Å². The molecule has 1 unspecified atom stereocenters. The number of halogens is 1. The maximum Gasteiger partial charge on any atom is 0.222 e. The molecule has 1 atom stereocenters. The maximum atomic E-state index is 12.5. The molecule has 0 aliphatic heterocycles. The third-order valence-corrected chi connectivity index (χ3v) is 4.91. The van der Waals surface area contributed by atoms with E-state index in [9.17, 15) is 4.79 Å². The lowest BCUT2D eigenvalue weighted by molar-refractivity contribution is -0.132. The lowest BCUT2D eigenvalue weighted by atomic mass is 10.1. The summed E-state index contributed by atoms with van der Waals surface area (Å²) in [7, 11) is 1.80. The summed E-state index contributed by atoms with van der Waals surface area (Å²) >= 11 is 6.24. The van der Waals surface area contributed by atoms with E-state index in [-0.39, 0.29) is 11.9 Å². The number of amides is 1. The van der Waals surface area contributed by atoms with E-state index in [1.54, 1.807) is 11.9 Å². The highest BCUT2D eigenvalue weighted by Gasteiger charge is 2.19. The van der Waals surface area contributed by atoms with Crippen molar-refractivity contribution in [2.45, 2.75) is 32.4 Å². The Kier molecular flexibility index (Phi) is 6.19. The average molecular weight is 384 g/mol. The Morgan fingerprint density at radius 2 is 1.85 bits per heavy atom. The van der Waals surface area contributed by atoms with Gasteiger partial charge in [-0.2, -0.15) is 4.80 Å². The van der Waals surface area contributed by atoms with E-state index in [0.29, 0.717) is 30.2 Å². The van der Waals surface area contributed by atoms with Crippen LogP contribution in [0.25, 0.3) is 11.4 Å². The summed E-state index contributed by atoms with van der Waals surface area (Å²) in [5, 5.41) is 13.2. The molecule has 2 aromatic carbocycles. The van der Waals surface area contributed by atoms with Gasteiger partial charge in [-0.3, -0.25) is 4.79 Å². The molecule has 0 radical (unpaired) electrons. The summed E-state index contributed by atoms with van der Waals surface area (Å²) in [6.07, 6.45) is 1.05. The van der Waals surface area contributed by atoms with Crippen LogP contribution in [0.15, 0.2) is 54.6 Å². The van der Waals surface area contributed by atoms with Gasteiger partial charge in [0.05, 0.1) is 12.6 Å². The van der Waals surface area contributed by atoms with Crippen LogP contribution in [-0.2, 0) is 11.3 Å². The van der Waals surface area contributed by atoms with Gasteiger partial charge in [0.25, 0.3) is 0 Å². The summed E-state index contributed by atoms with van der Waals surface area (Å²) in [4.78, 5) is 15.8. The Labute approximate surface area is 163 Å². The van der Waals surface area contributed by atoms with Gasteiger partial charge in [0.15, 0.2) is 0 Å². The molecule has 140 valence electrons. The van der Waals surface area contributed by atoms with Crippen molar-refractivity contribution in [3.8, 4) is 11.4 Å². The molecule has 1 aromatic heterocycles. The van der Waals surface area contributed by atoms with Gasteiger partial charge in [0.2, 0.25) is 11.7 Å². The number of benzene rings is 2. The van der Waals surface area contributed by atoms with Crippen molar-refractivity contribution in [3.05, 3.63) is 65.2 Å². The number of carbonyl (C=O) groups excluding carboxylic acids is 1. The molecular formula is C20H22ClN5O. The normalized spacial score (nSPS) is 12.0. The van der Waals surface area contributed by atoms with Gasteiger partial charge in [-0.05, 0) is 30.2 Å². The van der Waals surface area contributed by atoms with Crippen LogP contribution in [0.3, 0.4) is 0 Å². The molecule has 3 aromatic rings. The van der Waals surface area contributed by atoms with Gasteiger partial charge in [-0.1, -0.05) is 60.1 Å². The number of rotatable bonds is 7. The lowest BCUT2D eigenvalue weighted by Crippen LogP contribution is -2.29. The Morgan fingerprint density at radius 3 is 2.59 bits per heavy atom. The predicted molar refractivity (Wildman–Crippen MR) is 105 cm³/mol. The molecule has 0 fully saturated rings. The minimum absolute atomic E-state index is 0.0609. The van der Waals surface area contributed by atoms with Crippen molar-refractivity contribution >= 4 is 17.5 Å². The van der Waals surface area contributed by atoms with Crippen LogP contribution in [0.2, 0.25) is 5.02 Å². The van der Waals surface area contributed by atoms with E-state index in [1.165, 1.54) is 4.80 Å². The average Bonchev–Trinajstić information content (AvgIpc) is 3.17. The zero-order valence-corrected chi connectivity index (χ0v) is 16.2. The Hall–Kier alpha value is -2.73. The van der Waals surface area contributed by atoms with Crippen molar-refractivity contribution < 1.29 is 4.79 Å². The molecule has 0 saturated carbocycles. The van der Waals surface area contributed by atoms with E-state index in [2.05, 4.69) is 15.4 Å².